The van der Waals surface area contributed by atoms with Crippen LogP contribution in [0.3, 0.4) is 0 Å². The maximum atomic E-state index is 5.86. The smallest absolute Gasteiger partial charge is 0.192 e. The molecule has 2 atom stereocenters. The monoisotopic (exact) mass is 228 g/mol. The van der Waals surface area contributed by atoms with Gasteiger partial charge in [-0.2, -0.15) is 0 Å². The third-order valence-corrected chi connectivity index (χ3v) is 3.29. The van der Waals surface area contributed by atoms with Crippen molar-refractivity contribution >= 4 is 10.8 Å². The van der Waals surface area contributed by atoms with E-state index < -0.39 is 5.79 Å². The van der Waals surface area contributed by atoms with Crippen molar-refractivity contribution in [3.05, 3.63) is 48.0 Å². The molecule has 2 aromatic carbocycles. The summed E-state index contributed by atoms with van der Waals surface area (Å²) in [6, 6.07) is 14.7. The summed E-state index contributed by atoms with van der Waals surface area (Å²) in [7, 11) is 0. The highest BCUT2D eigenvalue weighted by Crippen LogP contribution is 2.34. The Morgan fingerprint density at radius 2 is 1.88 bits per heavy atom. The molecule has 88 valence electrons. The zero-order chi connectivity index (χ0) is 11.9. The highest BCUT2D eigenvalue weighted by atomic mass is 16.7. The van der Waals surface area contributed by atoms with Crippen LogP contribution >= 0.6 is 0 Å². The topological polar surface area (TPSA) is 18.5 Å². The van der Waals surface area contributed by atoms with E-state index in [0.717, 1.165) is 5.56 Å². The van der Waals surface area contributed by atoms with Gasteiger partial charge in [0.05, 0.1) is 12.7 Å². The molecular formula is C15H16O2. The van der Waals surface area contributed by atoms with Crippen LogP contribution < -0.4 is 0 Å². The molecule has 1 fully saturated rings. The minimum Gasteiger partial charge on any atom is -0.343 e. The first-order valence-corrected chi connectivity index (χ1v) is 5.98. The van der Waals surface area contributed by atoms with Crippen LogP contribution in [0, 0.1) is 0 Å². The Morgan fingerprint density at radius 3 is 2.59 bits per heavy atom. The van der Waals surface area contributed by atoms with E-state index >= 15 is 0 Å². The maximum absolute atomic E-state index is 5.86. The molecule has 2 aromatic rings. The summed E-state index contributed by atoms with van der Waals surface area (Å²) in [4.78, 5) is 0. The SMILES string of the molecule is C[C@H]1CO[C@@](C)(c2ccc3ccccc3c2)O1. The number of fused-ring (bicyclic) bond motifs is 1. The number of benzene rings is 2. The van der Waals surface area contributed by atoms with Crippen molar-refractivity contribution < 1.29 is 9.47 Å². The van der Waals surface area contributed by atoms with E-state index in [0.29, 0.717) is 6.61 Å². The van der Waals surface area contributed by atoms with E-state index in [9.17, 15) is 0 Å². The first kappa shape index (κ1) is 10.8. The van der Waals surface area contributed by atoms with Crippen molar-refractivity contribution in [3.8, 4) is 0 Å². The van der Waals surface area contributed by atoms with Gasteiger partial charge < -0.3 is 9.47 Å². The predicted octanol–water partition coefficient (Wildman–Crippen LogP) is 3.45. The standard InChI is InChI=1S/C15H16O2/c1-11-10-16-15(2,17-11)14-8-7-12-5-3-4-6-13(12)9-14/h3-9,11H,10H2,1-2H3/t11-,15+/m0/s1. The van der Waals surface area contributed by atoms with Crippen molar-refractivity contribution in [3.63, 3.8) is 0 Å². The molecule has 0 bridgehead atoms. The summed E-state index contributed by atoms with van der Waals surface area (Å²) < 4.78 is 11.6. The lowest BCUT2D eigenvalue weighted by molar-refractivity contribution is -0.159. The minimum atomic E-state index is -0.594. The fourth-order valence-electron chi connectivity index (χ4n) is 2.35. The first-order valence-electron chi connectivity index (χ1n) is 5.98. The van der Waals surface area contributed by atoms with Crippen LogP contribution in [0.25, 0.3) is 10.8 Å². The Balaban J connectivity index is 2.06. The second-order valence-electron chi connectivity index (χ2n) is 4.75. The summed E-state index contributed by atoms with van der Waals surface area (Å²) in [6.45, 7) is 4.68. The van der Waals surface area contributed by atoms with Crippen LogP contribution in [-0.4, -0.2) is 12.7 Å². The highest BCUT2D eigenvalue weighted by Gasteiger charge is 2.36. The van der Waals surface area contributed by atoms with Crippen LogP contribution in [0.15, 0.2) is 42.5 Å². The summed E-state index contributed by atoms with van der Waals surface area (Å²) in [6.07, 6.45) is 0.159. The molecule has 17 heavy (non-hydrogen) atoms. The van der Waals surface area contributed by atoms with Gasteiger partial charge in [0, 0.05) is 5.56 Å². The molecule has 0 spiro atoms. The molecule has 0 aromatic heterocycles. The molecule has 0 unspecified atom stereocenters. The molecular weight excluding hydrogens is 212 g/mol. The van der Waals surface area contributed by atoms with Crippen molar-refractivity contribution in [1.82, 2.24) is 0 Å². The van der Waals surface area contributed by atoms with E-state index in [2.05, 4.69) is 30.3 Å². The van der Waals surface area contributed by atoms with Gasteiger partial charge in [0.25, 0.3) is 0 Å². The Labute approximate surface area is 101 Å². The van der Waals surface area contributed by atoms with Crippen LogP contribution in [0.1, 0.15) is 19.4 Å². The van der Waals surface area contributed by atoms with E-state index in [1.54, 1.807) is 0 Å². The molecule has 0 N–H and O–H groups in total. The van der Waals surface area contributed by atoms with Gasteiger partial charge in [-0.25, -0.2) is 0 Å². The van der Waals surface area contributed by atoms with Gasteiger partial charge in [-0.3, -0.25) is 0 Å². The molecule has 3 rings (SSSR count). The van der Waals surface area contributed by atoms with Gasteiger partial charge in [0.15, 0.2) is 5.79 Å². The lowest BCUT2D eigenvalue weighted by Gasteiger charge is -2.23. The molecule has 1 saturated heterocycles. The fourth-order valence-corrected chi connectivity index (χ4v) is 2.35. The van der Waals surface area contributed by atoms with E-state index in [4.69, 9.17) is 9.47 Å². The molecule has 0 aliphatic carbocycles. The van der Waals surface area contributed by atoms with Crippen LogP contribution in [-0.2, 0) is 15.3 Å². The largest absolute Gasteiger partial charge is 0.343 e. The third-order valence-electron chi connectivity index (χ3n) is 3.29. The van der Waals surface area contributed by atoms with Gasteiger partial charge in [-0.05, 0) is 30.7 Å². The Kier molecular flexibility index (Phi) is 2.42. The number of rotatable bonds is 1. The summed E-state index contributed by atoms with van der Waals surface area (Å²) in [5.74, 6) is -0.594. The Bertz CT molecular complexity index is 549. The van der Waals surface area contributed by atoms with Crippen LogP contribution in [0.5, 0.6) is 0 Å². The van der Waals surface area contributed by atoms with Gasteiger partial charge in [0.2, 0.25) is 0 Å². The first-order chi connectivity index (χ1) is 8.17. The average Bonchev–Trinajstić information content (AvgIpc) is 2.70. The van der Waals surface area contributed by atoms with Crippen molar-refractivity contribution in [1.29, 1.82) is 0 Å². The average molecular weight is 228 g/mol. The molecule has 2 nitrogen and oxygen atoms in total. The van der Waals surface area contributed by atoms with Gasteiger partial charge >= 0.3 is 0 Å². The molecule has 1 aliphatic rings. The van der Waals surface area contributed by atoms with Gasteiger partial charge in [-0.15, -0.1) is 0 Å². The van der Waals surface area contributed by atoms with Crippen molar-refractivity contribution in [2.24, 2.45) is 0 Å². The molecule has 1 aliphatic heterocycles. The van der Waals surface area contributed by atoms with Crippen LogP contribution in [0.4, 0.5) is 0 Å². The quantitative estimate of drug-likeness (QED) is 0.744. The molecule has 0 radical (unpaired) electrons. The minimum absolute atomic E-state index is 0.159. The lowest BCUT2D eigenvalue weighted by atomic mass is 10.0. The number of ether oxygens (including phenoxy) is 2. The number of hydrogen-bond acceptors (Lipinski definition) is 2. The highest BCUT2D eigenvalue weighted by molar-refractivity contribution is 5.83. The molecule has 2 heteroatoms. The summed E-state index contributed by atoms with van der Waals surface area (Å²) in [5, 5.41) is 2.46. The summed E-state index contributed by atoms with van der Waals surface area (Å²) in [5.41, 5.74) is 1.08. The molecule has 0 amide bonds. The lowest BCUT2D eigenvalue weighted by Crippen LogP contribution is -2.23. The van der Waals surface area contributed by atoms with E-state index in [1.807, 2.05) is 26.0 Å². The van der Waals surface area contributed by atoms with E-state index in [1.165, 1.54) is 10.8 Å². The fraction of sp³-hybridized carbons (Fsp3) is 0.333. The Hall–Kier alpha value is -1.38. The van der Waals surface area contributed by atoms with Gasteiger partial charge in [-0.1, -0.05) is 36.4 Å². The zero-order valence-corrected chi connectivity index (χ0v) is 10.1. The zero-order valence-electron chi connectivity index (χ0n) is 10.1. The normalized spacial score (nSPS) is 28.7. The third kappa shape index (κ3) is 1.84. The van der Waals surface area contributed by atoms with Crippen molar-refractivity contribution in [2.75, 3.05) is 6.61 Å². The van der Waals surface area contributed by atoms with Gasteiger partial charge in [0.1, 0.15) is 0 Å². The summed E-state index contributed by atoms with van der Waals surface area (Å²) >= 11 is 0. The molecule has 1 heterocycles. The maximum Gasteiger partial charge on any atom is 0.192 e. The van der Waals surface area contributed by atoms with Crippen molar-refractivity contribution in [2.45, 2.75) is 25.7 Å². The second kappa shape index (κ2) is 3.83. The Morgan fingerprint density at radius 1 is 1.12 bits per heavy atom. The van der Waals surface area contributed by atoms with Crippen LogP contribution in [0.2, 0.25) is 0 Å². The van der Waals surface area contributed by atoms with E-state index in [-0.39, 0.29) is 6.10 Å². The molecule has 0 saturated carbocycles. The second-order valence-corrected chi connectivity index (χ2v) is 4.75. The predicted molar refractivity (Wildman–Crippen MR) is 67.8 cm³/mol. The number of hydrogen-bond donors (Lipinski definition) is 0.